The van der Waals surface area contributed by atoms with E-state index in [-0.39, 0.29) is 29.7 Å². The van der Waals surface area contributed by atoms with Crippen molar-refractivity contribution >= 4 is 23.4 Å². The number of nitro groups is 1. The second-order valence-corrected chi connectivity index (χ2v) is 4.94. The van der Waals surface area contributed by atoms with Crippen molar-refractivity contribution < 1.29 is 9.72 Å². The monoisotopic (exact) mass is 282 g/mol. The maximum atomic E-state index is 11.3. The van der Waals surface area contributed by atoms with Crippen molar-refractivity contribution in [1.82, 2.24) is 9.97 Å². The molecule has 0 aromatic carbocycles. The standard InChI is InChI=1S/C11H18N6O3/c1-6-7(17(19)20)8(16-10(13-4)15-6)14-5-11(2,3)9(12)18/h5H2,1-4H3,(H2,12,18)(H2,13,14,15,16). The predicted octanol–water partition coefficient (Wildman–Crippen LogP) is 0.658. The van der Waals surface area contributed by atoms with Gasteiger partial charge in [0.15, 0.2) is 0 Å². The van der Waals surface area contributed by atoms with Crippen molar-refractivity contribution in [2.75, 3.05) is 24.2 Å². The Hall–Kier alpha value is -2.45. The molecule has 1 heterocycles. The Bertz CT molecular complexity index is 543. The molecule has 0 aliphatic carbocycles. The maximum Gasteiger partial charge on any atom is 0.332 e. The molecule has 0 radical (unpaired) electrons. The molecule has 1 aromatic rings. The number of aryl methyl sites for hydroxylation is 1. The third kappa shape index (κ3) is 3.31. The number of aromatic nitrogens is 2. The maximum absolute atomic E-state index is 11.3. The molecule has 0 aliphatic rings. The number of primary amides is 1. The minimum Gasteiger partial charge on any atom is -0.369 e. The molecule has 0 bridgehead atoms. The summed E-state index contributed by atoms with van der Waals surface area (Å²) < 4.78 is 0. The first-order valence-corrected chi connectivity index (χ1v) is 5.93. The SMILES string of the molecule is CNc1nc(C)c([N+](=O)[O-])c(NCC(C)(C)C(N)=O)n1. The quantitative estimate of drug-likeness (QED) is 0.515. The summed E-state index contributed by atoms with van der Waals surface area (Å²) in [5.41, 5.74) is 4.42. The second kappa shape index (κ2) is 5.68. The summed E-state index contributed by atoms with van der Waals surface area (Å²) in [4.78, 5) is 29.7. The molecule has 4 N–H and O–H groups in total. The molecule has 0 aliphatic heterocycles. The second-order valence-electron chi connectivity index (χ2n) is 4.94. The van der Waals surface area contributed by atoms with Gasteiger partial charge in [-0.1, -0.05) is 0 Å². The first-order valence-electron chi connectivity index (χ1n) is 5.93. The number of rotatable bonds is 6. The van der Waals surface area contributed by atoms with E-state index in [0.29, 0.717) is 0 Å². The molecule has 1 rings (SSSR count). The Balaban J connectivity index is 3.13. The molecule has 0 spiro atoms. The van der Waals surface area contributed by atoms with E-state index in [1.807, 2.05) is 0 Å². The molecule has 0 saturated carbocycles. The van der Waals surface area contributed by atoms with Crippen molar-refractivity contribution in [3.05, 3.63) is 15.8 Å². The van der Waals surface area contributed by atoms with Gasteiger partial charge in [-0.05, 0) is 20.8 Å². The van der Waals surface area contributed by atoms with E-state index in [2.05, 4.69) is 20.6 Å². The summed E-state index contributed by atoms with van der Waals surface area (Å²) in [7, 11) is 1.61. The first kappa shape index (κ1) is 15.6. The Morgan fingerprint density at radius 3 is 2.50 bits per heavy atom. The molecule has 0 atom stereocenters. The topological polar surface area (TPSA) is 136 Å². The van der Waals surface area contributed by atoms with Crippen LogP contribution in [0.3, 0.4) is 0 Å². The minimum atomic E-state index is -0.855. The summed E-state index contributed by atoms with van der Waals surface area (Å²) in [5.74, 6) is -0.194. The fraction of sp³-hybridized carbons (Fsp3) is 0.545. The molecular weight excluding hydrogens is 264 g/mol. The zero-order chi connectivity index (χ0) is 15.5. The first-order chi connectivity index (χ1) is 9.19. The molecule has 1 amide bonds. The molecule has 1 aromatic heterocycles. The highest BCUT2D eigenvalue weighted by molar-refractivity contribution is 5.80. The smallest absolute Gasteiger partial charge is 0.332 e. The largest absolute Gasteiger partial charge is 0.369 e. The Labute approximate surface area is 116 Å². The minimum absolute atomic E-state index is 0.0566. The van der Waals surface area contributed by atoms with Gasteiger partial charge in [-0.2, -0.15) is 4.98 Å². The molecule has 0 saturated heterocycles. The van der Waals surface area contributed by atoms with Gasteiger partial charge >= 0.3 is 5.69 Å². The average Bonchev–Trinajstić information content (AvgIpc) is 2.34. The van der Waals surface area contributed by atoms with E-state index in [1.165, 1.54) is 6.92 Å². The summed E-state index contributed by atoms with van der Waals surface area (Å²) in [6, 6.07) is 0. The Morgan fingerprint density at radius 1 is 1.45 bits per heavy atom. The van der Waals surface area contributed by atoms with E-state index >= 15 is 0 Å². The lowest BCUT2D eigenvalue weighted by atomic mass is 9.93. The van der Waals surface area contributed by atoms with Gasteiger partial charge in [0.05, 0.1) is 10.3 Å². The number of nitrogens with one attached hydrogen (secondary N) is 2. The highest BCUT2D eigenvalue weighted by atomic mass is 16.6. The molecule has 0 fully saturated rings. The zero-order valence-electron chi connectivity index (χ0n) is 11.9. The van der Waals surface area contributed by atoms with Crippen LogP contribution in [0.1, 0.15) is 19.5 Å². The Kier molecular flexibility index (Phi) is 4.43. The normalized spacial score (nSPS) is 11.0. The van der Waals surface area contributed by atoms with E-state index in [9.17, 15) is 14.9 Å². The van der Waals surface area contributed by atoms with E-state index in [0.717, 1.165) is 0 Å². The van der Waals surface area contributed by atoms with Crippen LogP contribution >= 0.6 is 0 Å². The van der Waals surface area contributed by atoms with Gasteiger partial charge in [-0.15, -0.1) is 0 Å². The number of nitrogens with two attached hydrogens (primary N) is 1. The summed E-state index contributed by atoms with van der Waals surface area (Å²) in [6.45, 7) is 4.93. The van der Waals surface area contributed by atoms with Crippen LogP contribution in [0, 0.1) is 22.5 Å². The van der Waals surface area contributed by atoms with Crippen molar-refractivity contribution in [2.45, 2.75) is 20.8 Å². The summed E-state index contributed by atoms with van der Waals surface area (Å²) >= 11 is 0. The van der Waals surface area contributed by atoms with E-state index in [4.69, 9.17) is 5.73 Å². The van der Waals surface area contributed by atoms with Crippen molar-refractivity contribution in [3.63, 3.8) is 0 Å². The highest BCUT2D eigenvalue weighted by Gasteiger charge is 2.28. The van der Waals surface area contributed by atoms with E-state index in [1.54, 1.807) is 20.9 Å². The lowest BCUT2D eigenvalue weighted by Gasteiger charge is -2.21. The van der Waals surface area contributed by atoms with Gasteiger partial charge in [0.1, 0.15) is 5.69 Å². The lowest BCUT2D eigenvalue weighted by Crippen LogP contribution is -2.37. The summed E-state index contributed by atoms with van der Waals surface area (Å²) in [6.07, 6.45) is 0. The van der Waals surface area contributed by atoms with Crippen LogP contribution in [-0.2, 0) is 4.79 Å². The van der Waals surface area contributed by atoms with Gasteiger partial charge in [-0.3, -0.25) is 14.9 Å². The molecule has 9 heteroatoms. The number of anilines is 2. The zero-order valence-corrected chi connectivity index (χ0v) is 11.9. The summed E-state index contributed by atoms with van der Waals surface area (Å²) in [5, 5.41) is 16.6. The van der Waals surface area contributed by atoms with Gasteiger partial charge in [0.2, 0.25) is 17.7 Å². The van der Waals surface area contributed by atoms with Gasteiger partial charge in [0.25, 0.3) is 0 Å². The lowest BCUT2D eigenvalue weighted by molar-refractivity contribution is -0.385. The van der Waals surface area contributed by atoms with Crippen LogP contribution in [0.5, 0.6) is 0 Å². The molecule has 20 heavy (non-hydrogen) atoms. The number of hydrogen-bond acceptors (Lipinski definition) is 7. The Morgan fingerprint density at radius 2 is 2.05 bits per heavy atom. The van der Waals surface area contributed by atoms with Crippen LogP contribution in [-0.4, -0.2) is 34.4 Å². The molecule has 0 unspecified atom stereocenters. The fourth-order valence-electron chi connectivity index (χ4n) is 1.41. The van der Waals surface area contributed by atoms with Gasteiger partial charge in [-0.25, -0.2) is 4.98 Å². The van der Waals surface area contributed by atoms with Gasteiger partial charge < -0.3 is 16.4 Å². The van der Waals surface area contributed by atoms with Crippen LogP contribution in [0.25, 0.3) is 0 Å². The predicted molar refractivity (Wildman–Crippen MR) is 74.4 cm³/mol. The van der Waals surface area contributed by atoms with Crippen LogP contribution in [0.4, 0.5) is 17.5 Å². The van der Waals surface area contributed by atoms with Crippen LogP contribution < -0.4 is 16.4 Å². The number of amides is 1. The number of carbonyl (C=O) groups excluding carboxylic acids is 1. The van der Waals surface area contributed by atoms with Gasteiger partial charge in [0, 0.05) is 13.6 Å². The third-order valence-corrected chi connectivity index (χ3v) is 2.83. The fourth-order valence-corrected chi connectivity index (χ4v) is 1.41. The molecular formula is C11H18N6O3. The van der Waals surface area contributed by atoms with Crippen LogP contribution in [0.2, 0.25) is 0 Å². The number of carbonyl (C=O) groups is 1. The van der Waals surface area contributed by atoms with Crippen molar-refractivity contribution in [1.29, 1.82) is 0 Å². The van der Waals surface area contributed by atoms with E-state index < -0.39 is 16.2 Å². The van der Waals surface area contributed by atoms with Crippen molar-refractivity contribution in [3.8, 4) is 0 Å². The van der Waals surface area contributed by atoms with Crippen LogP contribution in [0.15, 0.2) is 0 Å². The number of nitrogens with zero attached hydrogens (tertiary/aromatic N) is 3. The van der Waals surface area contributed by atoms with Crippen molar-refractivity contribution in [2.24, 2.45) is 11.1 Å². The highest BCUT2D eigenvalue weighted by Crippen LogP contribution is 2.27. The third-order valence-electron chi connectivity index (χ3n) is 2.83. The number of hydrogen-bond donors (Lipinski definition) is 3. The molecule has 9 nitrogen and oxygen atoms in total. The average molecular weight is 282 g/mol. The molecule has 110 valence electrons.